The standard InChI is InChI=1S/C19H25NO3/c1-23-18(21)13-15-9-4-5-12-20(15)19(22)17-11-6-8-14-7-2-3-10-16(14)17/h2-3,7,10,15,17H,4-6,8-9,11-13H2,1H3. The van der Waals surface area contributed by atoms with Gasteiger partial charge in [0, 0.05) is 12.6 Å². The van der Waals surface area contributed by atoms with E-state index in [1.54, 1.807) is 0 Å². The third-order valence-electron chi connectivity index (χ3n) is 5.21. The van der Waals surface area contributed by atoms with E-state index in [-0.39, 0.29) is 23.8 Å². The van der Waals surface area contributed by atoms with Gasteiger partial charge in [-0.1, -0.05) is 24.3 Å². The molecular formula is C19H25NO3. The Hall–Kier alpha value is -1.84. The normalized spacial score (nSPS) is 24.0. The van der Waals surface area contributed by atoms with Crippen LogP contribution in [0.25, 0.3) is 0 Å². The van der Waals surface area contributed by atoms with Crippen molar-refractivity contribution >= 4 is 11.9 Å². The van der Waals surface area contributed by atoms with Gasteiger partial charge in [0.1, 0.15) is 0 Å². The number of hydrogen-bond acceptors (Lipinski definition) is 3. The summed E-state index contributed by atoms with van der Waals surface area (Å²) in [5, 5.41) is 0. The second-order valence-electron chi connectivity index (χ2n) is 6.61. The SMILES string of the molecule is COC(=O)CC1CCCCN1C(=O)C1CCCc2ccccc21. The van der Waals surface area contributed by atoms with E-state index in [0.29, 0.717) is 6.42 Å². The van der Waals surface area contributed by atoms with E-state index in [2.05, 4.69) is 12.1 Å². The zero-order valence-corrected chi connectivity index (χ0v) is 13.8. The number of benzene rings is 1. The van der Waals surface area contributed by atoms with Gasteiger partial charge in [0.15, 0.2) is 0 Å². The smallest absolute Gasteiger partial charge is 0.307 e. The van der Waals surface area contributed by atoms with Crippen molar-refractivity contribution in [2.75, 3.05) is 13.7 Å². The predicted molar refractivity (Wildman–Crippen MR) is 88.1 cm³/mol. The summed E-state index contributed by atoms with van der Waals surface area (Å²) in [5.41, 5.74) is 2.49. The Morgan fingerprint density at radius 2 is 2.00 bits per heavy atom. The summed E-state index contributed by atoms with van der Waals surface area (Å²) in [7, 11) is 1.41. The van der Waals surface area contributed by atoms with E-state index in [4.69, 9.17) is 4.74 Å². The maximum absolute atomic E-state index is 13.2. The van der Waals surface area contributed by atoms with Crippen molar-refractivity contribution in [1.82, 2.24) is 4.90 Å². The molecule has 2 atom stereocenters. The number of hydrogen-bond donors (Lipinski definition) is 0. The van der Waals surface area contributed by atoms with Crippen molar-refractivity contribution in [2.24, 2.45) is 0 Å². The highest BCUT2D eigenvalue weighted by atomic mass is 16.5. The van der Waals surface area contributed by atoms with E-state index in [1.807, 2.05) is 17.0 Å². The fourth-order valence-corrected chi connectivity index (χ4v) is 3.99. The van der Waals surface area contributed by atoms with Gasteiger partial charge in [0.25, 0.3) is 0 Å². The highest BCUT2D eigenvalue weighted by Gasteiger charge is 2.35. The zero-order valence-electron chi connectivity index (χ0n) is 13.8. The van der Waals surface area contributed by atoms with Crippen molar-refractivity contribution in [3.8, 4) is 0 Å². The van der Waals surface area contributed by atoms with E-state index in [9.17, 15) is 9.59 Å². The van der Waals surface area contributed by atoms with Crippen molar-refractivity contribution in [3.05, 3.63) is 35.4 Å². The molecule has 1 amide bonds. The first kappa shape index (κ1) is 16.0. The van der Waals surface area contributed by atoms with Gasteiger partial charge in [-0.3, -0.25) is 9.59 Å². The number of methoxy groups -OCH3 is 1. The monoisotopic (exact) mass is 315 g/mol. The molecule has 2 aliphatic rings. The third kappa shape index (κ3) is 3.41. The van der Waals surface area contributed by atoms with Gasteiger partial charge in [-0.25, -0.2) is 0 Å². The Bertz CT molecular complexity index is 584. The Balaban J connectivity index is 1.79. The minimum absolute atomic E-state index is 0.00205. The van der Waals surface area contributed by atoms with E-state index >= 15 is 0 Å². The molecule has 4 nitrogen and oxygen atoms in total. The molecule has 124 valence electrons. The van der Waals surface area contributed by atoms with Crippen LogP contribution in [0.5, 0.6) is 0 Å². The van der Waals surface area contributed by atoms with Crippen LogP contribution < -0.4 is 0 Å². The number of rotatable bonds is 3. The molecule has 4 heteroatoms. The number of piperidine rings is 1. The second-order valence-corrected chi connectivity index (χ2v) is 6.61. The molecule has 1 aliphatic heterocycles. The van der Waals surface area contributed by atoms with Crippen LogP contribution in [0.1, 0.15) is 55.6 Å². The van der Waals surface area contributed by atoms with Crippen LogP contribution in [0.4, 0.5) is 0 Å². The van der Waals surface area contributed by atoms with Crippen LogP contribution in [-0.4, -0.2) is 36.5 Å². The highest BCUT2D eigenvalue weighted by molar-refractivity contribution is 5.85. The lowest BCUT2D eigenvalue weighted by atomic mass is 9.81. The molecule has 0 saturated carbocycles. The fraction of sp³-hybridized carbons (Fsp3) is 0.579. The first-order chi connectivity index (χ1) is 11.2. The molecule has 1 fully saturated rings. The van der Waals surface area contributed by atoms with Crippen LogP contribution in [-0.2, 0) is 20.7 Å². The minimum atomic E-state index is -0.223. The van der Waals surface area contributed by atoms with E-state index < -0.39 is 0 Å². The quantitative estimate of drug-likeness (QED) is 0.805. The molecule has 1 heterocycles. The number of ether oxygens (including phenoxy) is 1. The summed E-state index contributed by atoms with van der Waals surface area (Å²) >= 11 is 0. The molecule has 1 aromatic rings. The molecule has 3 rings (SSSR count). The molecule has 23 heavy (non-hydrogen) atoms. The number of esters is 1. The lowest BCUT2D eigenvalue weighted by Crippen LogP contribution is -2.47. The van der Waals surface area contributed by atoms with Crippen molar-refractivity contribution in [2.45, 2.75) is 56.9 Å². The number of carbonyl (C=O) groups is 2. The lowest BCUT2D eigenvalue weighted by molar-refractivity contribution is -0.145. The fourth-order valence-electron chi connectivity index (χ4n) is 3.99. The largest absolute Gasteiger partial charge is 0.469 e. The van der Waals surface area contributed by atoms with Crippen molar-refractivity contribution in [1.29, 1.82) is 0 Å². The summed E-state index contributed by atoms with van der Waals surface area (Å²) in [5.74, 6) is -0.0669. The number of aryl methyl sites for hydroxylation is 1. The number of carbonyl (C=O) groups excluding carboxylic acids is 2. The average Bonchev–Trinajstić information content (AvgIpc) is 2.61. The van der Waals surface area contributed by atoms with Crippen LogP contribution in [0.15, 0.2) is 24.3 Å². The lowest BCUT2D eigenvalue weighted by Gasteiger charge is -2.38. The summed E-state index contributed by atoms with van der Waals surface area (Å²) in [6, 6.07) is 8.30. The summed E-state index contributed by atoms with van der Waals surface area (Å²) < 4.78 is 4.81. The van der Waals surface area contributed by atoms with Gasteiger partial charge in [0.05, 0.1) is 19.4 Å². The molecule has 1 saturated heterocycles. The van der Waals surface area contributed by atoms with Gasteiger partial charge in [-0.15, -0.1) is 0 Å². The minimum Gasteiger partial charge on any atom is -0.469 e. The van der Waals surface area contributed by atoms with Crippen LogP contribution in [0.3, 0.4) is 0 Å². The first-order valence-corrected chi connectivity index (χ1v) is 8.66. The van der Waals surface area contributed by atoms with Crippen LogP contribution in [0.2, 0.25) is 0 Å². The van der Waals surface area contributed by atoms with Crippen LogP contribution in [0, 0.1) is 0 Å². The maximum atomic E-state index is 13.2. The molecule has 0 bridgehead atoms. The topological polar surface area (TPSA) is 46.6 Å². The average molecular weight is 315 g/mol. The molecule has 0 aromatic heterocycles. The number of fused-ring (bicyclic) bond motifs is 1. The van der Waals surface area contributed by atoms with Crippen molar-refractivity contribution in [3.63, 3.8) is 0 Å². The Morgan fingerprint density at radius 1 is 1.17 bits per heavy atom. The molecule has 1 aromatic carbocycles. The Morgan fingerprint density at radius 3 is 2.83 bits per heavy atom. The van der Waals surface area contributed by atoms with E-state index in [0.717, 1.165) is 45.1 Å². The number of amides is 1. The predicted octanol–water partition coefficient (Wildman–Crippen LogP) is 3.05. The second kappa shape index (κ2) is 7.16. The van der Waals surface area contributed by atoms with E-state index in [1.165, 1.54) is 18.2 Å². The molecule has 0 radical (unpaired) electrons. The number of nitrogens with zero attached hydrogens (tertiary/aromatic N) is 1. The maximum Gasteiger partial charge on any atom is 0.307 e. The van der Waals surface area contributed by atoms with Gasteiger partial charge >= 0.3 is 5.97 Å². The summed E-state index contributed by atoms with van der Waals surface area (Å²) in [6.07, 6.45) is 6.35. The molecule has 0 N–H and O–H groups in total. The third-order valence-corrected chi connectivity index (χ3v) is 5.21. The van der Waals surface area contributed by atoms with Crippen molar-refractivity contribution < 1.29 is 14.3 Å². The molecule has 2 unspecified atom stereocenters. The van der Waals surface area contributed by atoms with Gasteiger partial charge in [-0.2, -0.15) is 0 Å². The summed E-state index contributed by atoms with van der Waals surface area (Å²) in [6.45, 7) is 0.763. The van der Waals surface area contributed by atoms with Crippen LogP contribution >= 0.6 is 0 Å². The Kier molecular flexibility index (Phi) is 4.99. The highest BCUT2D eigenvalue weighted by Crippen LogP contribution is 2.34. The summed E-state index contributed by atoms with van der Waals surface area (Å²) in [4.78, 5) is 26.8. The first-order valence-electron chi connectivity index (χ1n) is 8.66. The number of likely N-dealkylation sites (tertiary alicyclic amines) is 1. The molecule has 0 spiro atoms. The molecular weight excluding hydrogens is 290 g/mol. The van der Waals surface area contributed by atoms with Gasteiger partial charge < -0.3 is 9.64 Å². The molecule has 1 aliphatic carbocycles. The van der Waals surface area contributed by atoms with Gasteiger partial charge in [-0.05, 0) is 49.7 Å². The van der Waals surface area contributed by atoms with Gasteiger partial charge in [0.2, 0.25) is 5.91 Å². The zero-order chi connectivity index (χ0) is 16.2. The Labute approximate surface area is 137 Å².